The second kappa shape index (κ2) is 7.13. The topological polar surface area (TPSA) is 64.4 Å². The molecule has 0 spiro atoms. The zero-order valence-electron chi connectivity index (χ0n) is 15.3. The van der Waals surface area contributed by atoms with Crippen LogP contribution in [-0.2, 0) is 22.4 Å². The molecular weight excluding hydrogens is 349 g/mol. The van der Waals surface area contributed by atoms with Gasteiger partial charge in [-0.2, -0.15) is 5.10 Å². The Hall–Kier alpha value is -2.70. The predicted octanol–water partition coefficient (Wildman–Crippen LogP) is 2.67. The summed E-state index contributed by atoms with van der Waals surface area (Å²) < 4.78 is 19.9. The van der Waals surface area contributed by atoms with Gasteiger partial charge in [-0.25, -0.2) is 13.9 Å². The summed E-state index contributed by atoms with van der Waals surface area (Å²) in [6.45, 7) is 0.525. The third-order valence-corrected chi connectivity index (χ3v) is 5.44. The van der Waals surface area contributed by atoms with E-state index < -0.39 is 6.04 Å². The smallest absolute Gasteiger partial charge is 0.328 e. The molecule has 4 rings (SSSR count). The Morgan fingerprint density at radius 1 is 1.15 bits per heavy atom. The average molecular weight is 371 g/mol. The molecule has 7 heteroatoms. The van der Waals surface area contributed by atoms with Crippen LogP contribution >= 0.6 is 0 Å². The van der Waals surface area contributed by atoms with E-state index in [0.717, 1.165) is 49.0 Å². The lowest BCUT2D eigenvalue weighted by atomic mass is 10.0. The van der Waals surface area contributed by atoms with E-state index in [0.29, 0.717) is 18.7 Å². The molecule has 1 unspecified atom stereocenters. The number of halogens is 1. The molecule has 2 aromatic rings. The maximum absolute atomic E-state index is 13.3. The molecule has 1 aliphatic carbocycles. The van der Waals surface area contributed by atoms with Crippen molar-refractivity contribution >= 4 is 11.9 Å². The largest absolute Gasteiger partial charge is 0.467 e. The number of hydrogen-bond donors (Lipinski definition) is 0. The van der Waals surface area contributed by atoms with Crippen molar-refractivity contribution in [3.8, 4) is 5.69 Å². The molecule has 27 heavy (non-hydrogen) atoms. The molecule has 142 valence electrons. The standard InChI is InChI=1S/C20H22FN3O3/c1-27-20(26)17-6-2-3-12-23(17)19(25)18-15-5-4-7-16(15)24(22-18)14-10-8-13(21)9-11-14/h8-11,17H,2-7,12H2,1H3. The van der Waals surface area contributed by atoms with Gasteiger partial charge in [0.05, 0.1) is 12.8 Å². The first-order valence-electron chi connectivity index (χ1n) is 9.35. The number of likely N-dealkylation sites (tertiary alicyclic amines) is 1. The Labute approximate surface area is 156 Å². The molecule has 1 aromatic heterocycles. The lowest BCUT2D eigenvalue weighted by molar-refractivity contribution is -0.147. The van der Waals surface area contributed by atoms with Crippen LogP contribution in [0.3, 0.4) is 0 Å². The Balaban J connectivity index is 1.71. The van der Waals surface area contributed by atoms with E-state index in [1.807, 2.05) is 0 Å². The number of carbonyl (C=O) groups is 2. The fraction of sp³-hybridized carbons (Fsp3) is 0.450. The summed E-state index contributed by atoms with van der Waals surface area (Å²) in [7, 11) is 1.35. The number of fused-ring (bicyclic) bond motifs is 1. The Morgan fingerprint density at radius 2 is 1.93 bits per heavy atom. The number of carbonyl (C=O) groups excluding carboxylic acids is 2. The van der Waals surface area contributed by atoms with E-state index in [4.69, 9.17) is 4.74 Å². The van der Waals surface area contributed by atoms with Gasteiger partial charge in [-0.15, -0.1) is 0 Å². The first-order chi connectivity index (χ1) is 13.1. The fourth-order valence-corrected chi connectivity index (χ4v) is 4.10. The molecule has 1 aliphatic heterocycles. The van der Waals surface area contributed by atoms with Crippen LogP contribution in [0.15, 0.2) is 24.3 Å². The van der Waals surface area contributed by atoms with E-state index in [1.54, 1.807) is 21.7 Å². The number of benzene rings is 1. The van der Waals surface area contributed by atoms with Crippen LogP contribution in [0.25, 0.3) is 5.69 Å². The molecule has 0 radical (unpaired) electrons. The number of ether oxygens (including phenoxy) is 1. The maximum atomic E-state index is 13.3. The lowest BCUT2D eigenvalue weighted by Gasteiger charge is -2.33. The van der Waals surface area contributed by atoms with Crippen molar-refractivity contribution in [2.75, 3.05) is 13.7 Å². The molecular formula is C20H22FN3O3. The van der Waals surface area contributed by atoms with E-state index in [1.165, 1.54) is 19.2 Å². The minimum atomic E-state index is -0.552. The molecule has 1 aromatic carbocycles. The summed E-state index contributed by atoms with van der Waals surface area (Å²) in [6.07, 6.45) is 4.93. The minimum Gasteiger partial charge on any atom is -0.467 e. The Bertz CT molecular complexity index is 875. The summed E-state index contributed by atoms with van der Waals surface area (Å²) in [6, 6.07) is 5.54. The molecule has 0 bridgehead atoms. The molecule has 1 fully saturated rings. The van der Waals surface area contributed by atoms with Crippen LogP contribution in [-0.4, -0.2) is 46.3 Å². The Morgan fingerprint density at radius 3 is 2.67 bits per heavy atom. The molecule has 1 saturated heterocycles. The van der Waals surface area contributed by atoms with Gasteiger partial charge < -0.3 is 9.64 Å². The van der Waals surface area contributed by atoms with Crippen molar-refractivity contribution in [3.05, 3.63) is 47.0 Å². The van der Waals surface area contributed by atoms with Gasteiger partial charge in [-0.05, 0) is 62.8 Å². The number of amides is 1. The van der Waals surface area contributed by atoms with Crippen molar-refractivity contribution in [2.45, 2.75) is 44.6 Å². The third kappa shape index (κ3) is 3.11. The van der Waals surface area contributed by atoms with Crippen molar-refractivity contribution in [1.29, 1.82) is 0 Å². The van der Waals surface area contributed by atoms with Gasteiger partial charge in [0, 0.05) is 17.8 Å². The van der Waals surface area contributed by atoms with Gasteiger partial charge in [-0.1, -0.05) is 0 Å². The molecule has 1 atom stereocenters. The monoisotopic (exact) mass is 371 g/mol. The second-order valence-corrected chi connectivity index (χ2v) is 7.05. The van der Waals surface area contributed by atoms with Gasteiger partial charge >= 0.3 is 5.97 Å². The first-order valence-corrected chi connectivity index (χ1v) is 9.35. The van der Waals surface area contributed by atoms with E-state index in [-0.39, 0.29) is 17.7 Å². The van der Waals surface area contributed by atoms with Gasteiger partial charge in [0.15, 0.2) is 5.69 Å². The highest BCUT2D eigenvalue weighted by atomic mass is 19.1. The first kappa shape index (κ1) is 17.7. The molecule has 1 amide bonds. The summed E-state index contributed by atoms with van der Waals surface area (Å²) in [5.41, 5.74) is 3.08. The van der Waals surface area contributed by atoms with Crippen molar-refractivity contribution in [2.24, 2.45) is 0 Å². The molecule has 2 heterocycles. The molecule has 2 aliphatic rings. The molecule has 0 saturated carbocycles. The highest BCUT2D eigenvalue weighted by Gasteiger charge is 2.37. The van der Waals surface area contributed by atoms with Gasteiger partial charge in [0.25, 0.3) is 5.91 Å². The number of rotatable bonds is 3. The SMILES string of the molecule is COC(=O)C1CCCCN1C(=O)c1nn(-c2ccc(F)cc2)c2c1CCC2. The number of methoxy groups -OCH3 is 1. The van der Waals surface area contributed by atoms with Gasteiger partial charge in [0.2, 0.25) is 0 Å². The summed E-state index contributed by atoms with van der Waals surface area (Å²) in [5, 5.41) is 4.58. The zero-order valence-corrected chi connectivity index (χ0v) is 15.3. The van der Waals surface area contributed by atoms with Crippen LogP contribution in [0.5, 0.6) is 0 Å². The number of piperidine rings is 1. The average Bonchev–Trinajstić information content (AvgIpc) is 3.30. The minimum absolute atomic E-state index is 0.218. The van der Waals surface area contributed by atoms with Crippen molar-refractivity contribution < 1.29 is 18.7 Å². The number of aromatic nitrogens is 2. The highest BCUT2D eigenvalue weighted by molar-refractivity contribution is 5.97. The van der Waals surface area contributed by atoms with Crippen molar-refractivity contribution in [3.63, 3.8) is 0 Å². The van der Waals surface area contributed by atoms with Crippen LogP contribution in [0.1, 0.15) is 47.4 Å². The number of esters is 1. The quantitative estimate of drug-likeness (QED) is 0.778. The highest BCUT2D eigenvalue weighted by Crippen LogP contribution is 2.30. The molecule has 6 nitrogen and oxygen atoms in total. The van der Waals surface area contributed by atoms with Crippen LogP contribution in [0.2, 0.25) is 0 Å². The van der Waals surface area contributed by atoms with Crippen LogP contribution in [0, 0.1) is 5.82 Å². The zero-order chi connectivity index (χ0) is 19.0. The normalized spacial score (nSPS) is 19.0. The van der Waals surface area contributed by atoms with Gasteiger partial charge in [-0.3, -0.25) is 4.79 Å². The van der Waals surface area contributed by atoms with Crippen LogP contribution < -0.4 is 0 Å². The summed E-state index contributed by atoms with van der Waals surface area (Å²) in [5.74, 6) is -0.908. The lowest BCUT2D eigenvalue weighted by Crippen LogP contribution is -2.48. The van der Waals surface area contributed by atoms with Gasteiger partial charge in [0.1, 0.15) is 11.9 Å². The van der Waals surface area contributed by atoms with Crippen LogP contribution in [0.4, 0.5) is 4.39 Å². The maximum Gasteiger partial charge on any atom is 0.328 e. The predicted molar refractivity (Wildman–Crippen MR) is 96.2 cm³/mol. The number of hydrogen-bond acceptors (Lipinski definition) is 4. The summed E-state index contributed by atoms with van der Waals surface area (Å²) in [4.78, 5) is 27.0. The number of nitrogens with zero attached hydrogens (tertiary/aromatic N) is 3. The fourth-order valence-electron chi connectivity index (χ4n) is 4.10. The Kier molecular flexibility index (Phi) is 4.68. The van der Waals surface area contributed by atoms with E-state index in [9.17, 15) is 14.0 Å². The summed E-state index contributed by atoms with van der Waals surface area (Å²) >= 11 is 0. The van der Waals surface area contributed by atoms with E-state index in [2.05, 4.69) is 5.10 Å². The second-order valence-electron chi connectivity index (χ2n) is 7.05. The van der Waals surface area contributed by atoms with Crippen molar-refractivity contribution in [1.82, 2.24) is 14.7 Å². The molecule has 0 N–H and O–H groups in total. The third-order valence-electron chi connectivity index (χ3n) is 5.44. The van der Waals surface area contributed by atoms with E-state index >= 15 is 0 Å².